The van der Waals surface area contributed by atoms with Crippen LogP contribution < -0.4 is 10.6 Å². The Morgan fingerprint density at radius 2 is 1.77 bits per heavy atom. The van der Waals surface area contributed by atoms with E-state index < -0.39 is 18.0 Å². The van der Waals surface area contributed by atoms with Crippen LogP contribution in [0.4, 0.5) is 5.69 Å². The maximum absolute atomic E-state index is 11.9. The third-order valence-corrected chi connectivity index (χ3v) is 2.95. The smallest absolute Gasteiger partial charge is 0.308 e. The van der Waals surface area contributed by atoms with Crippen molar-refractivity contribution in [2.45, 2.75) is 26.4 Å². The molecule has 0 bridgehead atoms. The van der Waals surface area contributed by atoms with Crippen molar-refractivity contribution in [3.05, 3.63) is 28.2 Å². The minimum Gasteiger partial charge on any atom is -0.452 e. The van der Waals surface area contributed by atoms with Gasteiger partial charge in [0, 0.05) is 29.2 Å². The molecule has 0 aliphatic heterocycles. The fourth-order valence-electron chi connectivity index (χ4n) is 1.52. The van der Waals surface area contributed by atoms with Crippen LogP contribution in [0.3, 0.4) is 0 Å². The molecule has 120 valence electrons. The minimum absolute atomic E-state index is 0.0137. The average Bonchev–Trinajstić information content (AvgIpc) is 2.36. The third kappa shape index (κ3) is 6.78. The van der Waals surface area contributed by atoms with E-state index in [0.717, 1.165) is 0 Å². The fraction of sp³-hybridized carbons (Fsp3) is 0.357. The van der Waals surface area contributed by atoms with Crippen LogP contribution in [0.5, 0.6) is 0 Å². The molecule has 1 aromatic carbocycles. The zero-order chi connectivity index (χ0) is 16.7. The van der Waals surface area contributed by atoms with Crippen molar-refractivity contribution in [2.24, 2.45) is 0 Å². The summed E-state index contributed by atoms with van der Waals surface area (Å²) in [5, 5.41) is 5.76. The van der Waals surface area contributed by atoms with Crippen LogP contribution in [-0.4, -0.2) is 30.4 Å². The van der Waals surface area contributed by atoms with Gasteiger partial charge in [0.1, 0.15) is 0 Å². The van der Waals surface area contributed by atoms with Gasteiger partial charge in [-0.05, 0) is 25.1 Å². The average molecular weight is 347 g/mol. The second kappa shape index (κ2) is 8.60. The third-order valence-electron chi connectivity index (χ3n) is 2.51. The quantitative estimate of drug-likeness (QED) is 0.774. The Balaban J connectivity index is 2.47. The molecule has 0 unspecified atom stereocenters. The second-order valence-corrected chi connectivity index (χ2v) is 5.39. The number of esters is 1. The molecule has 0 saturated heterocycles. The second-order valence-electron chi connectivity index (χ2n) is 4.51. The van der Waals surface area contributed by atoms with Gasteiger partial charge in [-0.1, -0.05) is 23.2 Å². The van der Waals surface area contributed by atoms with Gasteiger partial charge in [-0.3, -0.25) is 14.4 Å². The van der Waals surface area contributed by atoms with Gasteiger partial charge in [0.2, 0.25) is 5.91 Å². The first kappa shape index (κ1) is 18.3. The van der Waals surface area contributed by atoms with Crippen LogP contribution in [0.2, 0.25) is 10.0 Å². The van der Waals surface area contributed by atoms with Gasteiger partial charge in [0.15, 0.2) is 6.10 Å². The van der Waals surface area contributed by atoms with Crippen molar-refractivity contribution in [3.63, 3.8) is 0 Å². The summed E-state index contributed by atoms with van der Waals surface area (Å²) in [4.78, 5) is 34.1. The molecule has 0 radical (unpaired) electrons. The largest absolute Gasteiger partial charge is 0.452 e. The summed E-state index contributed by atoms with van der Waals surface area (Å²) in [6.45, 7) is 2.95. The molecule has 1 atom stereocenters. The Bertz CT molecular complexity index is 558. The number of halogens is 2. The van der Waals surface area contributed by atoms with E-state index in [9.17, 15) is 14.4 Å². The Morgan fingerprint density at radius 3 is 2.32 bits per heavy atom. The highest BCUT2D eigenvalue weighted by atomic mass is 35.5. The number of carbonyl (C=O) groups excluding carboxylic acids is 3. The number of benzene rings is 1. The maximum Gasteiger partial charge on any atom is 0.308 e. The van der Waals surface area contributed by atoms with Crippen molar-refractivity contribution < 1.29 is 19.1 Å². The van der Waals surface area contributed by atoms with Gasteiger partial charge in [-0.25, -0.2) is 0 Å². The Kier molecular flexibility index (Phi) is 7.14. The van der Waals surface area contributed by atoms with E-state index in [2.05, 4.69) is 10.6 Å². The summed E-state index contributed by atoms with van der Waals surface area (Å²) in [6.07, 6.45) is -0.997. The van der Waals surface area contributed by atoms with Crippen molar-refractivity contribution in [2.75, 3.05) is 11.9 Å². The normalized spacial score (nSPS) is 11.5. The molecular weight excluding hydrogens is 331 g/mol. The molecule has 2 amide bonds. The number of rotatable bonds is 6. The molecule has 0 fully saturated rings. The van der Waals surface area contributed by atoms with Crippen molar-refractivity contribution in [3.8, 4) is 0 Å². The number of hydrogen-bond acceptors (Lipinski definition) is 4. The highest BCUT2D eigenvalue weighted by Crippen LogP contribution is 2.22. The van der Waals surface area contributed by atoms with E-state index in [1.807, 2.05) is 0 Å². The number of nitrogens with one attached hydrogen (secondary N) is 2. The van der Waals surface area contributed by atoms with Gasteiger partial charge in [-0.15, -0.1) is 0 Å². The predicted molar refractivity (Wildman–Crippen MR) is 83.9 cm³/mol. The van der Waals surface area contributed by atoms with Crippen LogP contribution in [0.15, 0.2) is 18.2 Å². The van der Waals surface area contributed by atoms with Crippen LogP contribution in [0, 0.1) is 0 Å². The summed E-state index contributed by atoms with van der Waals surface area (Å²) in [7, 11) is 0. The van der Waals surface area contributed by atoms with E-state index in [1.165, 1.54) is 32.0 Å². The van der Waals surface area contributed by atoms with Crippen molar-refractivity contribution in [1.29, 1.82) is 0 Å². The SMILES string of the molecule is CC(=O)NCCC(=O)O[C@H](C)C(=O)Nc1cc(Cl)cc(Cl)c1. The lowest BCUT2D eigenvalue weighted by Crippen LogP contribution is -2.31. The monoisotopic (exact) mass is 346 g/mol. The maximum atomic E-state index is 11.9. The number of hydrogen-bond donors (Lipinski definition) is 2. The van der Waals surface area contributed by atoms with Crippen LogP contribution in [-0.2, 0) is 19.1 Å². The van der Waals surface area contributed by atoms with Crippen LogP contribution in [0.25, 0.3) is 0 Å². The molecule has 0 aliphatic rings. The lowest BCUT2D eigenvalue weighted by molar-refractivity contribution is -0.153. The number of ether oxygens (including phenoxy) is 1. The van der Waals surface area contributed by atoms with Crippen molar-refractivity contribution >= 4 is 46.7 Å². The molecule has 1 rings (SSSR count). The predicted octanol–water partition coefficient (Wildman–Crippen LogP) is 2.39. The molecule has 0 aliphatic carbocycles. The van der Waals surface area contributed by atoms with E-state index in [4.69, 9.17) is 27.9 Å². The fourth-order valence-corrected chi connectivity index (χ4v) is 2.05. The van der Waals surface area contributed by atoms with Crippen LogP contribution in [0.1, 0.15) is 20.3 Å². The lowest BCUT2D eigenvalue weighted by atomic mass is 10.3. The van der Waals surface area contributed by atoms with Gasteiger partial charge in [0.25, 0.3) is 5.91 Å². The molecular formula is C14H16Cl2N2O4. The Labute approximate surface area is 138 Å². The first-order valence-corrected chi connectivity index (χ1v) is 7.24. The molecule has 1 aromatic rings. The molecule has 8 heteroatoms. The number of amides is 2. The van der Waals surface area contributed by atoms with Gasteiger partial charge in [0.05, 0.1) is 6.42 Å². The van der Waals surface area contributed by atoms with E-state index in [-0.39, 0.29) is 18.9 Å². The summed E-state index contributed by atoms with van der Waals surface area (Å²) >= 11 is 11.6. The molecule has 0 aromatic heterocycles. The molecule has 0 saturated carbocycles. The van der Waals surface area contributed by atoms with Gasteiger partial charge >= 0.3 is 5.97 Å². The zero-order valence-corrected chi connectivity index (χ0v) is 13.6. The highest BCUT2D eigenvalue weighted by molar-refractivity contribution is 6.35. The standard InChI is InChI=1S/C14H16Cl2N2O4/c1-8(22-13(20)3-4-17-9(2)19)14(21)18-12-6-10(15)5-11(16)7-12/h5-8H,3-4H2,1-2H3,(H,17,19)(H,18,21)/t8-/m1/s1. The van der Waals surface area contributed by atoms with E-state index >= 15 is 0 Å². The van der Waals surface area contributed by atoms with E-state index in [1.54, 1.807) is 0 Å². The van der Waals surface area contributed by atoms with Crippen molar-refractivity contribution in [1.82, 2.24) is 5.32 Å². The van der Waals surface area contributed by atoms with Gasteiger partial charge < -0.3 is 15.4 Å². The summed E-state index contributed by atoms with van der Waals surface area (Å²) in [5.41, 5.74) is 0.406. The highest BCUT2D eigenvalue weighted by Gasteiger charge is 2.18. The topological polar surface area (TPSA) is 84.5 Å². The van der Waals surface area contributed by atoms with E-state index in [0.29, 0.717) is 15.7 Å². The summed E-state index contributed by atoms with van der Waals surface area (Å²) in [6, 6.07) is 4.58. The van der Waals surface area contributed by atoms with Gasteiger partial charge in [-0.2, -0.15) is 0 Å². The lowest BCUT2D eigenvalue weighted by Gasteiger charge is -2.14. The molecule has 0 spiro atoms. The number of anilines is 1. The first-order valence-electron chi connectivity index (χ1n) is 6.49. The first-order chi connectivity index (χ1) is 10.3. The minimum atomic E-state index is -0.984. The summed E-state index contributed by atoms with van der Waals surface area (Å²) in [5.74, 6) is -1.33. The Hall–Kier alpha value is -1.79. The molecule has 0 heterocycles. The molecule has 6 nitrogen and oxygen atoms in total. The zero-order valence-electron chi connectivity index (χ0n) is 12.1. The molecule has 22 heavy (non-hydrogen) atoms. The Morgan fingerprint density at radius 1 is 1.18 bits per heavy atom. The van der Waals surface area contributed by atoms with Crippen LogP contribution >= 0.6 is 23.2 Å². The number of carbonyl (C=O) groups is 3. The summed E-state index contributed by atoms with van der Waals surface area (Å²) < 4.78 is 4.96. The molecule has 2 N–H and O–H groups in total.